The van der Waals surface area contributed by atoms with Crippen LogP contribution < -0.4 is 9.67 Å². The van der Waals surface area contributed by atoms with Crippen LogP contribution in [0, 0.1) is 0 Å². The SMILES string of the molecule is CC(=O)[O-].CCCCCCCCn1cc[n+](C)c1.O=C(O)C(=O)O. The Kier molecular flexibility index (Phi) is 15.4. The van der Waals surface area contributed by atoms with Crippen molar-refractivity contribution in [3.8, 4) is 0 Å². The second-order valence-corrected chi connectivity index (χ2v) is 5.19. The van der Waals surface area contributed by atoms with Gasteiger partial charge in [0.1, 0.15) is 12.4 Å². The summed E-state index contributed by atoms with van der Waals surface area (Å²) in [4.78, 5) is 27.1. The number of hydrogen-bond donors (Lipinski definition) is 2. The van der Waals surface area contributed by atoms with Crippen molar-refractivity contribution in [2.45, 2.75) is 58.9 Å². The number of nitrogens with zero attached hydrogens (tertiary/aromatic N) is 2. The van der Waals surface area contributed by atoms with Gasteiger partial charge in [0.2, 0.25) is 6.33 Å². The highest BCUT2D eigenvalue weighted by molar-refractivity contribution is 6.27. The molecular weight excluding hydrogens is 316 g/mol. The molecule has 1 rings (SSSR count). The zero-order chi connectivity index (χ0) is 19.0. The van der Waals surface area contributed by atoms with Crippen LogP contribution in [0.4, 0.5) is 0 Å². The van der Waals surface area contributed by atoms with Gasteiger partial charge in [0.05, 0.1) is 13.6 Å². The first-order valence-corrected chi connectivity index (χ1v) is 7.85. The van der Waals surface area contributed by atoms with Crippen LogP contribution in [-0.4, -0.2) is 32.7 Å². The van der Waals surface area contributed by atoms with Gasteiger partial charge in [0, 0.05) is 5.97 Å². The summed E-state index contributed by atoms with van der Waals surface area (Å²) < 4.78 is 4.36. The minimum atomic E-state index is -1.82. The Morgan fingerprint density at radius 1 is 1.04 bits per heavy atom. The molecule has 0 spiro atoms. The summed E-state index contributed by atoms with van der Waals surface area (Å²) in [6, 6.07) is 0. The van der Waals surface area contributed by atoms with Crippen LogP contribution in [0.25, 0.3) is 0 Å². The van der Waals surface area contributed by atoms with Gasteiger partial charge in [0.25, 0.3) is 0 Å². The molecule has 0 radical (unpaired) electrons. The van der Waals surface area contributed by atoms with Gasteiger partial charge < -0.3 is 20.1 Å². The highest BCUT2D eigenvalue weighted by Gasteiger charge is 2.04. The molecule has 0 amide bonds. The van der Waals surface area contributed by atoms with Crippen molar-refractivity contribution in [2.75, 3.05) is 0 Å². The Hall–Kier alpha value is -2.38. The third-order valence-corrected chi connectivity index (χ3v) is 2.78. The number of carboxylic acid groups (broad SMARTS) is 3. The van der Waals surface area contributed by atoms with E-state index in [-0.39, 0.29) is 0 Å². The average Bonchev–Trinajstić information content (AvgIpc) is 2.88. The van der Waals surface area contributed by atoms with E-state index in [0.29, 0.717) is 0 Å². The predicted octanol–water partition coefficient (Wildman–Crippen LogP) is 0.585. The van der Waals surface area contributed by atoms with Crippen molar-refractivity contribution < 1.29 is 34.3 Å². The number of unbranched alkanes of at least 4 members (excludes halogenated alkanes) is 5. The zero-order valence-corrected chi connectivity index (χ0v) is 14.6. The summed E-state index contributed by atoms with van der Waals surface area (Å²) in [5.74, 6) is -4.73. The van der Waals surface area contributed by atoms with Gasteiger partial charge in [-0.05, 0) is 19.8 Å². The van der Waals surface area contributed by atoms with Crippen LogP contribution in [0.2, 0.25) is 0 Å². The molecule has 0 saturated heterocycles. The van der Waals surface area contributed by atoms with Crippen molar-refractivity contribution in [3.05, 3.63) is 18.7 Å². The molecule has 0 aliphatic rings. The Balaban J connectivity index is 0. The lowest BCUT2D eigenvalue weighted by Crippen LogP contribution is -2.23. The van der Waals surface area contributed by atoms with Gasteiger partial charge in [-0.3, -0.25) is 0 Å². The van der Waals surface area contributed by atoms with Crippen molar-refractivity contribution in [2.24, 2.45) is 7.05 Å². The van der Waals surface area contributed by atoms with Crippen molar-refractivity contribution >= 4 is 17.9 Å². The lowest BCUT2D eigenvalue weighted by atomic mass is 10.1. The first-order valence-electron chi connectivity index (χ1n) is 7.85. The smallest absolute Gasteiger partial charge is 0.414 e. The summed E-state index contributed by atoms with van der Waals surface area (Å²) in [6.45, 7) is 4.41. The minimum absolute atomic E-state index is 0.972. The number of imidazole rings is 1. The standard InChI is InChI=1S/C12H23N2.C2H2O4.C2H4O2/c1-3-4-5-6-7-8-9-14-11-10-13(2)12-14;3-1(4)2(5)6;1-2(3)4/h10-12H,3-9H2,1-2H3;(H,3,4)(H,5,6);1H3,(H,3,4)/q+1;;/p-1. The molecule has 8 nitrogen and oxygen atoms in total. The van der Waals surface area contributed by atoms with Crippen LogP contribution >= 0.6 is 0 Å². The van der Waals surface area contributed by atoms with Crippen LogP contribution in [-0.2, 0) is 28.0 Å². The molecule has 138 valence electrons. The number of aliphatic carboxylic acids is 3. The van der Waals surface area contributed by atoms with E-state index in [1.807, 2.05) is 0 Å². The van der Waals surface area contributed by atoms with Crippen molar-refractivity contribution in [3.63, 3.8) is 0 Å². The molecule has 0 aromatic carbocycles. The summed E-state index contributed by atoms with van der Waals surface area (Å²) >= 11 is 0. The Labute approximate surface area is 142 Å². The first-order chi connectivity index (χ1) is 11.2. The summed E-state index contributed by atoms with van der Waals surface area (Å²) in [5, 5.41) is 23.7. The summed E-state index contributed by atoms with van der Waals surface area (Å²) in [6.07, 6.45) is 14.6. The molecule has 1 aromatic rings. The Morgan fingerprint density at radius 3 is 1.88 bits per heavy atom. The molecule has 0 saturated carbocycles. The molecule has 24 heavy (non-hydrogen) atoms. The average molecular weight is 344 g/mol. The highest BCUT2D eigenvalue weighted by atomic mass is 16.4. The lowest BCUT2D eigenvalue weighted by molar-refractivity contribution is -0.671. The number of carboxylic acids is 3. The van der Waals surface area contributed by atoms with Crippen LogP contribution in [0.15, 0.2) is 18.7 Å². The predicted molar refractivity (Wildman–Crippen MR) is 84.9 cm³/mol. The highest BCUT2D eigenvalue weighted by Crippen LogP contribution is 2.05. The Bertz CT molecular complexity index is 469. The molecule has 0 unspecified atom stereocenters. The van der Waals surface area contributed by atoms with E-state index in [1.165, 1.54) is 45.1 Å². The molecule has 0 aliphatic heterocycles. The van der Waals surface area contributed by atoms with Gasteiger partial charge in [-0.25, -0.2) is 18.7 Å². The van der Waals surface area contributed by atoms with Gasteiger partial charge in [-0.1, -0.05) is 32.6 Å². The minimum Gasteiger partial charge on any atom is -0.550 e. The fraction of sp³-hybridized carbons (Fsp3) is 0.625. The summed E-state index contributed by atoms with van der Waals surface area (Å²) in [5.41, 5.74) is 0. The maximum Gasteiger partial charge on any atom is 0.414 e. The maximum atomic E-state index is 9.10. The number of rotatable bonds is 7. The molecule has 0 bridgehead atoms. The molecule has 0 fully saturated rings. The quantitative estimate of drug-likeness (QED) is 0.424. The third-order valence-electron chi connectivity index (χ3n) is 2.78. The van der Waals surface area contributed by atoms with E-state index in [4.69, 9.17) is 29.7 Å². The summed E-state index contributed by atoms with van der Waals surface area (Å²) in [7, 11) is 2.07. The second-order valence-electron chi connectivity index (χ2n) is 5.19. The number of hydrogen-bond acceptors (Lipinski definition) is 4. The molecule has 0 atom stereocenters. The number of carbonyl (C=O) groups is 3. The van der Waals surface area contributed by atoms with Gasteiger partial charge in [0.15, 0.2) is 0 Å². The van der Waals surface area contributed by atoms with E-state index in [2.05, 4.69) is 41.8 Å². The van der Waals surface area contributed by atoms with Gasteiger partial charge in [-0.15, -0.1) is 0 Å². The molecule has 2 N–H and O–H groups in total. The van der Waals surface area contributed by atoms with Crippen LogP contribution in [0.3, 0.4) is 0 Å². The topological polar surface area (TPSA) is 124 Å². The van der Waals surface area contributed by atoms with Gasteiger partial charge in [-0.2, -0.15) is 0 Å². The van der Waals surface area contributed by atoms with Gasteiger partial charge >= 0.3 is 11.9 Å². The molecule has 1 aromatic heterocycles. The fourth-order valence-corrected chi connectivity index (χ4v) is 1.71. The largest absolute Gasteiger partial charge is 0.550 e. The molecule has 8 heteroatoms. The van der Waals surface area contributed by atoms with E-state index in [1.54, 1.807) is 0 Å². The van der Waals surface area contributed by atoms with E-state index in [0.717, 1.165) is 6.92 Å². The van der Waals surface area contributed by atoms with E-state index < -0.39 is 17.9 Å². The van der Waals surface area contributed by atoms with Crippen LogP contribution in [0.1, 0.15) is 52.4 Å². The first kappa shape index (κ1) is 23.9. The zero-order valence-electron chi connectivity index (χ0n) is 14.6. The molecular formula is C16H28N2O6. The maximum absolute atomic E-state index is 9.10. The number of aryl methyl sites for hydroxylation is 2. The van der Waals surface area contributed by atoms with Crippen molar-refractivity contribution in [1.82, 2.24) is 4.57 Å². The third kappa shape index (κ3) is 19.6. The normalized spacial score (nSPS) is 9.12. The Morgan fingerprint density at radius 2 is 1.50 bits per heavy atom. The van der Waals surface area contributed by atoms with Crippen LogP contribution in [0.5, 0.6) is 0 Å². The fourth-order valence-electron chi connectivity index (χ4n) is 1.71. The van der Waals surface area contributed by atoms with Crippen molar-refractivity contribution in [1.29, 1.82) is 0 Å². The second kappa shape index (κ2) is 15.5. The lowest BCUT2D eigenvalue weighted by Gasteiger charge is -1.98. The number of aromatic nitrogens is 2. The molecule has 0 aliphatic carbocycles. The van der Waals surface area contributed by atoms with E-state index in [9.17, 15) is 0 Å². The van der Waals surface area contributed by atoms with E-state index >= 15 is 0 Å². The monoisotopic (exact) mass is 344 g/mol. The molecule has 1 heterocycles. The number of carbonyl (C=O) groups excluding carboxylic acids is 1.